The van der Waals surface area contributed by atoms with Crippen molar-refractivity contribution in [1.29, 1.82) is 0 Å². The number of ether oxygens (including phenoxy) is 2. The quantitative estimate of drug-likeness (QED) is 0.0787. The fourth-order valence-electron chi connectivity index (χ4n) is 10.4. The van der Waals surface area contributed by atoms with Crippen molar-refractivity contribution in [1.82, 2.24) is 25.1 Å². The van der Waals surface area contributed by atoms with Crippen molar-refractivity contribution in [2.45, 2.75) is 144 Å². The van der Waals surface area contributed by atoms with Crippen molar-refractivity contribution in [3.8, 4) is 0 Å². The van der Waals surface area contributed by atoms with Gasteiger partial charge in [-0.1, -0.05) is 43.3 Å². The highest BCUT2D eigenvalue weighted by atomic mass is 32.1. The summed E-state index contributed by atoms with van der Waals surface area (Å²) in [5, 5.41) is 6.12. The Balaban J connectivity index is 1.02. The molecule has 5 fully saturated rings. The number of thiophene rings is 1. The average Bonchev–Trinajstić information content (AvgIpc) is 3.56. The Morgan fingerprint density at radius 2 is 1.77 bits per heavy atom. The number of fused-ring (bicyclic) bond motifs is 2. The van der Waals surface area contributed by atoms with Gasteiger partial charge in [0, 0.05) is 47.9 Å². The fourth-order valence-corrected chi connectivity index (χ4v) is 13.2. The topological polar surface area (TPSA) is 147 Å². The number of hydrogen-bond acceptors (Lipinski definition) is 10. The maximum Gasteiger partial charge on any atom is 0.323 e. The van der Waals surface area contributed by atoms with Gasteiger partial charge >= 0.3 is 13.5 Å². The van der Waals surface area contributed by atoms with Gasteiger partial charge in [-0.05, 0) is 119 Å². The molecule has 3 saturated heterocycles. The minimum Gasteiger partial charge on any atom is -0.465 e. The Morgan fingerprint density at radius 3 is 2.47 bits per heavy atom. The molecule has 64 heavy (non-hydrogen) atoms. The molecular formula is C47H62F2N5O8PS. The van der Waals surface area contributed by atoms with E-state index in [1.165, 1.54) is 43.1 Å². The summed E-state index contributed by atoms with van der Waals surface area (Å²) in [7, 11) is -0.909. The lowest BCUT2D eigenvalue weighted by Crippen LogP contribution is -2.59. The molecule has 1 unspecified atom stereocenters. The Labute approximate surface area is 378 Å². The van der Waals surface area contributed by atoms with E-state index in [2.05, 4.69) is 32.3 Å². The molecule has 4 heterocycles. The van der Waals surface area contributed by atoms with E-state index in [1.807, 2.05) is 32.2 Å². The van der Waals surface area contributed by atoms with Gasteiger partial charge in [0.1, 0.15) is 24.3 Å². The molecule has 17 heteroatoms. The number of esters is 1. The Bertz CT molecular complexity index is 2220. The van der Waals surface area contributed by atoms with E-state index in [4.69, 9.17) is 14.0 Å². The smallest absolute Gasteiger partial charge is 0.323 e. The number of amides is 3. The molecule has 13 nitrogen and oxygen atoms in total. The van der Waals surface area contributed by atoms with Crippen molar-refractivity contribution in [3.05, 3.63) is 70.6 Å². The lowest BCUT2D eigenvalue weighted by molar-refractivity contribution is -0.148. The van der Waals surface area contributed by atoms with Gasteiger partial charge in [-0.25, -0.2) is 13.9 Å². The summed E-state index contributed by atoms with van der Waals surface area (Å²) in [6.07, 6.45) is 6.36. The minimum absolute atomic E-state index is 0.0113. The van der Waals surface area contributed by atoms with Crippen molar-refractivity contribution in [3.63, 3.8) is 0 Å². The molecule has 0 radical (unpaired) electrons. The van der Waals surface area contributed by atoms with Gasteiger partial charge in [0.05, 0.1) is 24.7 Å². The van der Waals surface area contributed by atoms with E-state index >= 15 is 4.39 Å². The molecule has 0 bridgehead atoms. The summed E-state index contributed by atoms with van der Waals surface area (Å²) in [6.45, 7) is 3.89. The molecule has 3 aliphatic heterocycles. The number of carbonyl (C=O) groups excluding carboxylic acids is 4. The van der Waals surface area contributed by atoms with Gasteiger partial charge < -0.3 is 34.0 Å². The predicted molar refractivity (Wildman–Crippen MR) is 241 cm³/mol. The Morgan fingerprint density at radius 1 is 1.00 bits per heavy atom. The average molecular weight is 926 g/mol. The predicted octanol–water partition coefficient (Wildman–Crippen LogP) is 7.65. The van der Waals surface area contributed by atoms with Gasteiger partial charge in [0.2, 0.25) is 17.7 Å². The van der Waals surface area contributed by atoms with Crippen molar-refractivity contribution >= 4 is 52.6 Å². The second kappa shape index (κ2) is 19.6. The molecular weight excluding hydrogens is 864 g/mol. The first-order valence-corrected chi connectivity index (χ1v) is 25.5. The highest BCUT2D eigenvalue weighted by molar-refractivity contribution is 7.57. The van der Waals surface area contributed by atoms with E-state index in [0.717, 1.165) is 19.3 Å². The Kier molecular flexibility index (Phi) is 14.3. The van der Waals surface area contributed by atoms with E-state index in [9.17, 15) is 28.1 Å². The third-order valence-corrected chi connectivity index (χ3v) is 17.6. The zero-order valence-electron chi connectivity index (χ0n) is 37.2. The van der Waals surface area contributed by atoms with E-state index in [0.29, 0.717) is 72.9 Å². The van der Waals surface area contributed by atoms with Crippen LogP contribution < -0.4 is 10.4 Å². The molecule has 3 aromatic rings. The monoisotopic (exact) mass is 925 g/mol. The number of nitrogens with one attached hydrogen (secondary N) is 2. The molecule has 2 aromatic carbocycles. The molecule has 348 valence electrons. The van der Waals surface area contributed by atoms with Crippen LogP contribution in [0, 0.1) is 0 Å². The second-order valence-electron chi connectivity index (χ2n) is 18.5. The fraction of sp³-hybridized carbons (Fsp3) is 0.617. The SMILES string of the molecule is CCCOC(=O)[C@H](C)NP(=O)(OCCOC)[C@@H](F)c1ccc2sc(C(=O)N[C@H]3CC[C@H](N(C)C4CC(F)C4)C[C@H]4CC[C@@H](C(=O)N5C[C@H](c6ccccc6)CC56CC6)N4C3=O)cc2c1. The third kappa shape index (κ3) is 9.69. The number of methoxy groups -OCH3 is 1. The van der Waals surface area contributed by atoms with Crippen molar-refractivity contribution in [2.75, 3.05) is 40.5 Å². The van der Waals surface area contributed by atoms with Gasteiger partial charge in [-0.15, -0.1) is 11.3 Å². The van der Waals surface area contributed by atoms with E-state index in [-0.39, 0.29) is 66.8 Å². The van der Waals surface area contributed by atoms with Crippen LogP contribution in [0.5, 0.6) is 0 Å². The van der Waals surface area contributed by atoms with Crippen LogP contribution in [0.25, 0.3) is 10.1 Å². The summed E-state index contributed by atoms with van der Waals surface area (Å²) >= 11 is 1.18. The van der Waals surface area contributed by atoms with Gasteiger partial charge in [-0.2, -0.15) is 0 Å². The minimum atomic E-state index is -4.37. The van der Waals surface area contributed by atoms with E-state index < -0.39 is 49.6 Å². The van der Waals surface area contributed by atoms with Crippen molar-refractivity contribution in [2.24, 2.45) is 0 Å². The lowest BCUT2D eigenvalue weighted by atomic mass is 9.86. The van der Waals surface area contributed by atoms with Crippen molar-refractivity contribution < 1.29 is 46.5 Å². The summed E-state index contributed by atoms with van der Waals surface area (Å²) in [5.74, 6) is -3.39. The van der Waals surface area contributed by atoms with E-state index in [1.54, 1.807) is 17.0 Å². The zero-order chi connectivity index (χ0) is 45.3. The van der Waals surface area contributed by atoms with Crippen LogP contribution in [-0.4, -0.2) is 127 Å². The number of halogens is 2. The first-order chi connectivity index (χ1) is 30.7. The molecule has 2 aliphatic carbocycles. The highest BCUT2D eigenvalue weighted by Crippen LogP contribution is 2.58. The molecule has 5 aliphatic rings. The number of carbonyl (C=O) groups is 4. The normalized spacial score (nSPS) is 28.2. The molecule has 8 atom stereocenters. The largest absolute Gasteiger partial charge is 0.465 e. The van der Waals surface area contributed by atoms with Crippen LogP contribution in [0.4, 0.5) is 8.78 Å². The van der Waals surface area contributed by atoms with Crippen LogP contribution in [0.15, 0.2) is 54.6 Å². The summed E-state index contributed by atoms with van der Waals surface area (Å²) in [6, 6.07) is 13.8. The molecule has 1 aromatic heterocycles. The molecule has 8 rings (SSSR count). The maximum absolute atomic E-state index is 16.4. The first-order valence-electron chi connectivity index (χ1n) is 22.9. The summed E-state index contributed by atoms with van der Waals surface area (Å²) in [4.78, 5) is 62.8. The van der Waals surface area contributed by atoms with Crippen LogP contribution in [0.2, 0.25) is 0 Å². The zero-order valence-corrected chi connectivity index (χ0v) is 38.9. The number of rotatable bonds is 17. The number of likely N-dealkylation sites (tertiary alicyclic amines) is 1. The van der Waals surface area contributed by atoms with Gasteiger partial charge in [0.15, 0.2) is 0 Å². The second-order valence-corrected chi connectivity index (χ2v) is 21.8. The van der Waals surface area contributed by atoms with Crippen LogP contribution in [0.3, 0.4) is 0 Å². The lowest BCUT2D eigenvalue weighted by Gasteiger charge is -2.45. The number of hydrogen-bond donors (Lipinski definition) is 2. The van der Waals surface area contributed by atoms with Gasteiger partial charge in [-0.3, -0.25) is 23.7 Å². The molecule has 3 amide bonds. The highest BCUT2D eigenvalue weighted by Gasteiger charge is 2.59. The van der Waals surface area contributed by atoms with Crippen LogP contribution >= 0.6 is 18.9 Å². The molecule has 2 N–H and O–H groups in total. The Hall–Kier alpha value is -3.79. The van der Waals surface area contributed by atoms with Crippen LogP contribution in [0.1, 0.15) is 117 Å². The van der Waals surface area contributed by atoms with Crippen LogP contribution in [-0.2, 0) is 32.9 Å². The molecule has 2 saturated carbocycles. The van der Waals surface area contributed by atoms with Gasteiger partial charge in [0.25, 0.3) is 5.91 Å². The standard InChI is InChI=1S/C47H62F2N5O8PS/c1-5-19-61-46(58)29(2)51-63(59,62-21-20-60-4)42(49)31-11-16-40-32(22-31)23-41(64-40)43(55)50-38-14-12-35(52(3)37-24-34(48)25-37)26-36-13-15-39(54(36)44(38)56)45(57)53-28-33(27-47(53)17-18-47)30-9-7-6-8-10-30/h6-11,16,22-23,29,33-39,42H,5,12-15,17-21,24-28H2,1-4H3,(H,50,55)(H,51,59)/t29-,33+,34?,35-,36+,37?,38-,39-,42+,63?/m0/s1. The molecule has 1 spiro atoms. The number of benzene rings is 2. The maximum atomic E-state index is 16.4. The first kappa shape index (κ1) is 46.7. The summed E-state index contributed by atoms with van der Waals surface area (Å²) in [5.41, 5.74) is 1.06. The number of alkyl halides is 2. The number of nitrogens with zero attached hydrogens (tertiary/aromatic N) is 3. The summed E-state index contributed by atoms with van der Waals surface area (Å²) < 4.78 is 61.0. The third-order valence-electron chi connectivity index (χ3n) is 14.2.